The zero-order valence-electron chi connectivity index (χ0n) is 9.67. The lowest BCUT2D eigenvalue weighted by atomic mass is 10.1. The van der Waals surface area contributed by atoms with Crippen LogP contribution in [0, 0.1) is 0 Å². The van der Waals surface area contributed by atoms with Gasteiger partial charge in [0.15, 0.2) is 0 Å². The molecule has 0 aliphatic heterocycles. The van der Waals surface area contributed by atoms with Crippen LogP contribution >= 0.6 is 0 Å². The first-order valence-electron chi connectivity index (χ1n) is 5.19. The smallest absolute Gasteiger partial charge is 0.0467 e. The third-order valence-electron chi connectivity index (χ3n) is 2.08. The first-order chi connectivity index (χ1) is 6.15. The van der Waals surface area contributed by atoms with E-state index in [0.717, 1.165) is 6.54 Å². The van der Waals surface area contributed by atoms with Crippen molar-refractivity contribution in [1.29, 1.82) is 0 Å². The highest BCUT2D eigenvalue weighted by Gasteiger charge is 2.07. The summed E-state index contributed by atoms with van der Waals surface area (Å²) in [6.45, 7) is 11.9. The number of hydrogen-bond donors (Lipinski definition) is 0. The molecule has 0 heterocycles. The minimum Gasteiger partial charge on any atom is -0.372 e. The van der Waals surface area contributed by atoms with E-state index in [1.807, 2.05) is 0 Å². The van der Waals surface area contributed by atoms with Gasteiger partial charge in [0, 0.05) is 12.6 Å². The summed E-state index contributed by atoms with van der Waals surface area (Å²) in [5.74, 6) is 0. The molecule has 0 aromatic carbocycles. The Hall–Kier alpha value is -0.720. The summed E-state index contributed by atoms with van der Waals surface area (Å²) in [5, 5.41) is 0. The summed E-state index contributed by atoms with van der Waals surface area (Å²) >= 11 is 0. The monoisotopic (exact) mass is 181 g/mol. The molecule has 0 aromatic heterocycles. The van der Waals surface area contributed by atoms with Crippen molar-refractivity contribution in [2.75, 3.05) is 6.54 Å². The van der Waals surface area contributed by atoms with E-state index in [0.29, 0.717) is 6.04 Å². The second kappa shape index (κ2) is 6.76. The van der Waals surface area contributed by atoms with E-state index < -0.39 is 0 Å². The summed E-state index contributed by atoms with van der Waals surface area (Å²) in [5.41, 5.74) is 1.40. The summed E-state index contributed by atoms with van der Waals surface area (Å²) in [7, 11) is 0. The van der Waals surface area contributed by atoms with Crippen molar-refractivity contribution < 1.29 is 0 Å². The van der Waals surface area contributed by atoms with Crippen LogP contribution in [0.3, 0.4) is 0 Å². The number of rotatable bonds is 5. The zero-order valence-corrected chi connectivity index (χ0v) is 9.67. The Morgan fingerprint density at radius 3 is 2.23 bits per heavy atom. The van der Waals surface area contributed by atoms with E-state index in [-0.39, 0.29) is 0 Å². The van der Waals surface area contributed by atoms with Gasteiger partial charge in [-0.2, -0.15) is 0 Å². The maximum atomic E-state index is 2.37. The molecule has 0 aromatic rings. The van der Waals surface area contributed by atoms with Gasteiger partial charge < -0.3 is 4.90 Å². The predicted molar refractivity (Wildman–Crippen MR) is 60.7 cm³/mol. The lowest BCUT2D eigenvalue weighted by molar-refractivity contribution is 0.326. The Labute approximate surface area is 83.1 Å². The molecular formula is C12H23N. The second-order valence-electron chi connectivity index (χ2n) is 3.53. The van der Waals surface area contributed by atoms with Crippen LogP contribution in [0.15, 0.2) is 23.9 Å². The van der Waals surface area contributed by atoms with Gasteiger partial charge in [0.2, 0.25) is 0 Å². The molecule has 0 saturated heterocycles. The number of likely N-dealkylation sites (N-methyl/N-ethyl adjacent to an activating group) is 1. The Kier molecular flexibility index (Phi) is 6.38. The van der Waals surface area contributed by atoms with Crippen molar-refractivity contribution >= 4 is 0 Å². The van der Waals surface area contributed by atoms with Gasteiger partial charge in [-0.15, -0.1) is 0 Å². The lowest BCUT2D eigenvalue weighted by Crippen LogP contribution is -2.28. The Morgan fingerprint density at radius 1 is 1.31 bits per heavy atom. The van der Waals surface area contributed by atoms with Crippen molar-refractivity contribution in [2.24, 2.45) is 0 Å². The van der Waals surface area contributed by atoms with Gasteiger partial charge in [0.05, 0.1) is 0 Å². The maximum Gasteiger partial charge on any atom is 0.0467 e. The normalized spacial score (nSPS) is 13.0. The van der Waals surface area contributed by atoms with Crippen molar-refractivity contribution in [1.82, 2.24) is 4.90 Å². The second-order valence-corrected chi connectivity index (χ2v) is 3.53. The lowest BCUT2D eigenvalue weighted by Gasteiger charge is -2.26. The highest BCUT2D eigenvalue weighted by Crippen LogP contribution is 2.08. The van der Waals surface area contributed by atoms with Crippen LogP contribution in [0.2, 0.25) is 0 Å². The fourth-order valence-electron chi connectivity index (χ4n) is 1.47. The quantitative estimate of drug-likeness (QED) is 0.586. The Balaban J connectivity index is 4.43. The van der Waals surface area contributed by atoms with E-state index in [9.17, 15) is 0 Å². The average molecular weight is 181 g/mol. The van der Waals surface area contributed by atoms with Gasteiger partial charge in [-0.25, -0.2) is 0 Å². The van der Waals surface area contributed by atoms with Crippen molar-refractivity contribution in [3.05, 3.63) is 23.9 Å². The van der Waals surface area contributed by atoms with Crippen LogP contribution < -0.4 is 0 Å². The van der Waals surface area contributed by atoms with Crippen LogP contribution in [0.4, 0.5) is 0 Å². The molecule has 1 atom stereocenters. The highest BCUT2D eigenvalue weighted by molar-refractivity contribution is 5.03. The Morgan fingerprint density at radius 2 is 1.92 bits per heavy atom. The Bertz CT molecular complexity index is 176. The standard InChI is InChI=1S/C12H23N/c1-6-9-13(8-3)12(7-2)10-11(4)5/h6,9-10,12H,7-8H2,1-5H3/b9-6-. The molecule has 0 radical (unpaired) electrons. The molecule has 0 aliphatic carbocycles. The van der Waals surface area contributed by atoms with Gasteiger partial charge in [-0.1, -0.05) is 24.6 Å². The highest BCUT2D eigenvalue weighted by atomic mass is 15.1. The average Bonchev–Trinajstić information content (AvgIpc) is 2.10. The number of allylic oxidation sites excluding steroid dienone is 2. The van der Waals surface area contributed by atoms with Gasteiger partial charge >= 0.3 is 0 Å². The summed E-state index contributed by atoms with van der Waals surface area (Å²) in [4.78, 5) is 2.37. The molecule has 1 heteroatoms. The third-order valence-corrected chi connectivity index (χ3v) is 2.08. The van der Waals surface area contributed by atoms with Crippen LogP contribution in [0.5, 0.6) is 0 Å². The van der Waals surface area contributed by atoms with E-state index in [1.54, 1.807) is 0 Å². The molecule has 0 amide bonds. The molecule has 0 N–H and O–H groups in total. The third kappa shape index (κ3) is 4.76. The molecule has 0 fully saturated rings. The fraction of sp³-hybridized carbons (Fsp3) is 0.667. The minimum absolute atomic E-state index is 0.561. The molecule has 0 aliphatic rings. The van der Waals surface area contributed by atoms with Crippen molar-refractivity contribution in [3.63, 3.8) is 0 Å². The number of hydrogen-bond acceptors (Lipinski definition) is 1. The van der Waals surface area contributed by atoms with Gasteiger partial charge in [0.25, 0.3) is 0 Å². The summed E-state index contributed by atoms with van der Waals surface area (Å²) < 4.78 is 0. The van der Waals surface area contributed by atoms with Crippen LogP contribution in [-0.4, -0.2) is 17.5 Å². The largest absolute Gasteiger partial charge is 0.372 e. The van der Waals surface area contributed by atoms with Crippen LogP contribution in [0.1, 0.15) is 41.0 Å². The minimum atomic E-state index is 0.561. The van der Waals surface area contributed by atoms with E-state index in [4.69, 9.17) is 0 Å². The van der Waals surface area contributed by atoms with Gasteiger partial charge in [-0.3, -0.25) is 0 Å². The zero-order chi connectivity index (χ0) is 10.3. The maximum absolute atomic E-state index is 2.37. The van der Waals surface area contributed by atoms with Crippen molar-refractivity contribution in [2.45, 2.75) is 47.1 Å². The van der Waals surface area contributed by atoms with E-state index in [1.165, 1.54) is 12.0 Å². The SMILES string of the molecule is C/C=C\N(CC)C(C=C(C)C)CC. The fourth-order valence-corrected chi connectivity index (χ4v) is 1.47. The molecule has 1 unspecified atom stereocenters. The van der Waals surface area contributed by atoms with E-state index in [2.05, 4.69) is 57.9 Å². The van der Waals surface area contributed by atoms with Crippen LogP contribution in [0.25, 0.3) is 0 Å². The van der Waals surface area contributed by atoms with Crippen molar-refractivity contribution in [3.8, 4) is 0 Å². The first-order valence-corrected chi connectivity index (χ1v) is 5.19. The first kappa shape index (κ1) is 12.3. The molecule has 1 nitrogen and oxygen atoms in total. The van der Waals surface area contributed by atoms with Gasteiger partial charge in [0.1, 0.15) is 0 Å². The van der Waals surface area contributed by atoms with E-state index >= 15 is 0 Å². The molecule has 0 saturated carbocycles. The molecule has 0 spiro atoms. The molecule has 76 valence electrons. The molecule has 13 heavy (non-hydrogen) atoms. The predicted octanol–water partition coefficient (Wildman–Crippen LogP) is 3.59. The van der Waals surface area contributed by atoms with Gasteiger partial charge in [-0.05, 0) is 40.3 Å². The topological polar surface area (TPSA) is 3.24 Å². The van der Waals surface area contributed by atoms with Crippen LogP contribution in [-0.2, 0) is 0 Å². The number of nitrogens with zero attached hydrogens (tertiary/aromatic N) is 1. The molecule has 0 bridgehead atoms. The molecule has 0 rings (SSSR count). The summed E-state index contributed by atoms with van der Waals surface area (Å²) in [6.07, 6.45) is 7.78. The molecular weight excluding hydrogens is 158 g/mol. The summed E-state index contributed by atoms with van der Waals surface area (Å²) in [6, 6.07) is 0.561.